The third-order valence-electron chi connectivity index (χ3n) is 3.18. The zero-order valence-electron chi connectivity index (χ0n) is 11.3. The SMILES string of the molecule is Cc1cc(C)c(NC(=O)NC[C@H]2CCCO2)c(Cl)c1. The number of ether oxygens (including phenoxy) is 1. The van der Waals surface area contributed by atoms with Crippen LogP contribution >= 0.6 is 11.6 Å². The number of carbonyl (C=O) groups excluding carboxylic acids is 1. The Morgan fingerprint density at radius 1 is 1.47 bits per heavy atom. The van der Waals surface area contributed by atoms with Gasteiger partial charge in [-0.1, -0.05) is 17.7 Å². The predicted octanol–water partition coefficient (Wildman–Crippen LogP) is 3.26. The van der Waals surface area contributed by atoms with Gasteiger partial charge in [-0.25, -0.2) is 4.79 Å². The van der Waals surface area contributed by atoms with E-state index in [1.807, 2.05) is 26.0 Å². The second kappa shape index (κ2) is 6.26. The van der Waals surface area contributed by atoms with Gasteiger partial charge in [0.15, 0.2) is 0 Å². The van der Waals surface area contributed by atoms with Gasteiger partial charge in [0.05, 0.1) is 16.8 Å². The standard InChI is InChI=1S/C14H19ClN2O2/c1-9-6-10(2)13(12(15)7-9)17-14(18)16-8-11-4-3-5-19-11/h6-7,11H,3-5,8H2,1-2H3,(H2,16,17,18)/t11-/m1/s1. The number of nitrogens with one attached hydrogen (secondary N) is 2. The van der Waals surface area contributed by atoms with Crippen molar-refractivity contribution in [3.05, 3.63) is 28.3 Å². The lowest BCUT2D eigenvalue weighted by Gasteiger charge is -2.14. The molecule has 1 saturated heterocycles. The maximum Gasteiger partial charge on any atom is 0.319 e. The maximum absolute atomic E-state index is 11.8. The molecule has 0 saturated carbocycles. The van der Waals surface area contributed by atoms with E-state index in [-0.39, 0.29) is 12.1 Å². The van der Waals surface area contributed by atoms with Gasteiger partial charge in [0.2, 0.25) is 0 Å². The Labute approximate surface area is 118 Å². The highest BCUT2D eigenvalue weighted by Gasteiger charge is 2.16. The van der Waals surface area contributed by atoms with Crippen molar-refractivity contribution in [3.63, 3.8) is 0 Å². The first kappa shape index (κ1) is 14.2. The average Bonchev–Trinajstić information content (AvgIpc) is 2.84. The highest BCUT2D eigenvalue weighted by Crippen LogP contribution is 2.27. The molecule has 1 aromatic carbocycles. The van der Waals surface area contributed by atoms with E-state index in [0.717, 1.165) is 30.6 Å². The molecule has 0 aliphatic carbocycles. The lowest BCUT2D eigenvalue weighted by atomic mass is 10.1. The molecule has 0 unspecified atom stereocenters. The van der Waals surface area contributed by atoms with Gasteiger partial charge in [0.1, 0.15) is 0 Å². The molecule has 2 amide bonds. The van der Waals surface area contributed by atoms with Gasteiger partial charge in [-0.05, 0) is 43.9 Å². The summed E-state index contributed by atoms with van der Waals surface area (Å²) < 4.78 is 5.45. The predicted molar refractivity (Wildman–Crippen MR) is 76.9 cm³/mol. The average molecular weight is 283 g/mol. The number of carbonyl (C=O) groups is 1. The van der Waals surface area contributed by atoms with Crippen LogP contribution in [0.25, 0.3) is 0 Å². The van der Waals surface area contributed by atoms with Crippen molar-refractivity contribution < 1.29 is 9.53 Å². The van der Waals surface area contributed by atoms with Gasteiger partial charge in [-0.15, -0.1) is 0 Å². The number of halogens is 1. The molecule has 104 valence electrons. The van der Waals surface area contributed by atoms with Crippen molar-refractivity contribution >= 4 is 23.3 Å². The zero-order valence-corrected chi connectivity index (χ0v) is 12.0. The molecule has 2 rings (SSSR count). The minimum absolute atomic E-state index is 0.139. The Morgan fingerprint density at radius 3 is 2.89 bits per heavy atom. The summed E-state index contributed by atoms with van der Waals surface area (Å²) in [6, 6.07) is 3.58. The third kappa shape index (κ3) is 3.85. The molecule has 1 aliphatic heterocycles. The fourth-order valence-electron chi connectivity index (χ4n) is 2.24. The normalized spacial score (nSPS) is 18.4. The van der Waals surface area contributed by atoms with Crippen LogP contribution in [0.1, 0.15) is 24.0 Å². The highest BCUT2D eigenvalue weighted by molar-refractivity contribution is 6.34. The second-order valence-corrected chi connectivity index (χ2v) is 5.32. The first-order valence-electron chi connectivity index (χ1n) is 6.49. The molecule has 19 heavy (non-hydrogen) atoms. The highest BCUT2D eigenvalue weighted by atomic mass is 35.5. The monoisotopic (exact) mass is 282 g/mol. The van der Waals surface area contributed by atoms with Crippen molar-refractivity contribution in [1.29, 1.82) is 0 Å². The molecule has 5 heteroatoms. The number of hydrogen-bond donors (Lipinski definition) is 2. The quantitative estimate of drug-likeness (QED) is 0.894. The number of hydrogen-bond acceptors (Lipinski definition) is 2. The number of rotatable bonds is 3. The topological polar surface area (TPSA) is 50.4 Å². The van der Waals surface area contributed by atoms with Gasteiger partial charge >= 0.3 is 6.03 Å². The van der Waals surface area contributed by atoms with Crippen LogP contribution in [0.2, 0.25) is 5.02 Å². The van der Waals surface area contributed by atoms with Crippen molar-refractivity contribution in [2.75, 3.05) is 18.5 Å². The van der Waals surface area contributed by atoms with E-state index in [0.29, 0.717) is 17.3 Å². The van der Waals surface area contributed by atoms with Crippen LogP contribution in [0, 0.1) is 13.8 Å². The van der Waals surface area contributed by atoms with Crippen LogP contribution in [0.3, 0.4) is 0 Å². The summed E-state index contributed by atoms with van der Waals surface area (Å²) in [5, 5.41) is 6.16. The van der Waals surface area contributed by atoms with Crippen molar-refractivity contribution in [3.8, 4) is 0 Å². The van der Waals surface area contributed by atoms with Gasteiger partial charge in [-0.3, -0.25) is 0 Å². The van der Waals surface area contributed by atoms with Crippen LogP contribution in [-0.4, -0.2) is 25.3 Å². The molecule has 0 spiro atoms. The molecule has 0 radical (unpaired) electrons. The van der Waals surface area contributed by atoms with Crippen molar-refractivity contribution in [2.45, 2.75) is 32.8 Å². The van der Waals surface area contributed by atoms with Crippen LogP contribution < -0.4 is 10.6 Å². The van der Waals surface area contributed by atoms with E-state index < -0.39 is 0 Å². The lowest BCUT2D eigenvalue weighted by molar-refractivity contribution is 0.112. The number of urea groups is 1. The van der Waals surface area contributed by atoms with E-state index in [9.17, 15) is 4.79 Å². The van der Waals surface area contributed by atoms with Crippen LogP contribution in [-0.2, 0) is 4.74 Å². The van der Waals surface area contributed by atoms with Crippen molar-refractivity contribution in [1.82, 2.24) is 5.32 Å². The molecule has 0 bridgehead atoms. The Kier molecular flexibility index (Phi) is 4.66. The molecular formula is C14H19ClN2O2. The zero-order chi connectivity index (χ0) is 13.8. The molecule has 4 nitrogen and oxygen atoms in total. The minimum atomic E-state index is -0.246. The van der Waals surface area contributed by atoms with Crippen LogP contribution in [0.4, 0.5) is 10.5 Å². The van der Waals surface area contributed by atoms with Gasteiger partial charge in [0, 0.05) is 13.2 Å². The minimum Gasteiger partial charge on any atom is -0.376 e. The number of benzene rings is 1. The van der Waals surface area contributed by atoms with E-state index in [2.05, 4.69) is 10.6 Å². The Hall–Kier alpha value is -1.26. The molecule has 0 aromatic heterocycles. The van der Waals surface area contributed by atoms with Crippen LogP contribution in [0.15, 0.2) is 12.1 Å². The molecule has 1 aromatic rings. The number of anilines is 1. The summed E-state index contributed by atoms with van der Waals surface area (Å²) in [5.74, 6) is 0. The first-order chi connectivity index (χ1) is 9.06. The van der Waals surface area contributed by atoms with Crippen LogP contribution in [0.5, 0.6) is 0 Å². The second-order valence-electron chi connectivity index (χ2n) is 4.91. The first-order valence-corrected chi connectivity index (χ1v) is 6.87. The lowest BCUT2D eigenvalue weighted by Crippen LogP contribution is -2.35. The van der Waals surface area contributed by atoms with E-state index in [1.165, 1.54) is 0 Å². The van der Waals surface area contributed by atoms with Crippen molar-refractivity contribution in [2.24, 2.45) is 0 Å². The summed E-state index contributed by atoms with van der Waals surface area (Å²) in [7, 11) is 0. The third-order valence-corrected chi connectivity index (χ3v) is 3.48. The molecule has 1 aliphatic rings. The molecule has 1 atom stereocenters. The summed E-state index contributed by atoms with van der Waals surface area (Å²) >= 11 is 6.14. The Bertz CT molecular complexity index is 448. The molecular weight excluding hydrogens is 264 g/mol. The maximum atomic E-state index is 11.8. The number of aryl methyl sites for hydroxylation is 2. The van der Waals surface area contributed by atoms with E-state index in [4.69, 9.17) is 16.3 Å². The van der Waals surface area contributed by atoms with Gasteiger partial charge < -0.3 is 15.4 Å². The number of amides is 2. The summed E-state index contributed by atoms with van der Waals surface area (Å²) in [6.45, 7) is 5.22. The summed E-state index contributed by atoms with van der Waals surface area (Å²) in [4.78, 5) is 11.8. The molecule has 1 heterocycles. The molecule has 2 N–H and O–H groups in total. The molecule has 1 fully saturated rings. The Morgan fingerprint density at radius 2 is 2.26 bits per heavy atom. The Balaban J connectivity index is 1.91. The fraction of sp³-hybridized carbons (Fsp3) is 0.500. The van der Waals surface area contributed by atoms with Gasteiger partial charge in [0.25, 0.3) is 0 Å². The fourth-order valence-corrected chi connectivity index (χ4v) is 2.61. The smallest absolute Gasteiger partial charge is 0.319 e. The van der Waals surface area contributed by atoms with E-state index in [1.54, 1.807) is 0 Å². The van der Waals surface area contributed by atoms with E-state index >= 15 is 0 Å². The largest absolute Gasteiger partial charge is 0.376 e. The summed E-state index contributed by atoms with van der Waals surface area (Å²) in [6.07, 6.45) is 2.21. The summed E-state index contributed by atoms with van der Waals surface area (Å²) in [5.41, 5.74) is 2.70. The van der Waals surface area contributed by atoms with Gasteiger partial charge in [-0.2, -0.15) is 0 Å².